The third-order valence-corrected chi connectivity index (χ3v) is 3.59. The fraction of sp³-hybridized carbons (Fsp3) is 0.0909. The number of nitrogen functional groups attached to an aromatic ring is 1. The van der Waals surface area contributed by atoms with Gasteiger partial charge in [-0.25, -0.2) is 4.68 Å². The minimum atomic E-state index is 0.626. The van der Waals surface area contributed by atoms with E-state index >= 15 is 0 Å². The average molecular weight is 324 g/mol. The molecule has 0 fully saturated rings. The van der Waals surface area contributed by atoms with Gasteiger partial charge in [0.15, 0.2) is 0 Å². The lowest BCUT2D eigenvalue weighted by Crippen LogP contribution is -2.02. The third kappa shape index (κ3) is 1.76. The molecule has 1 heterocycles. The van der Waals surface area contributed by atoms with Gasteiger partial charge in [0.1, 0.15) is 5.82 Å². The zero-order valence-electron chi connectivity index (χ0n) is 8.61. The molecule has 0 aliphatic rings. The summed E-state index contributed by atoms with van der Waals surface area (Å²) in [5, 5.41) is 13.0. The van der Waals surface area contributed by atoms with Crippen LogP contribution in [0.4, 0.5) is 5.82 Å². The van der Waals surface area contributed by atoms with Crippen LogP contribution in [0.1, 0.15) is 11.3 Å². The van der Waals surface area contributed by atoms with Crippen molar-refractivity contribution < 1.29 is 0 Å². The van der Waals surface area contributed by atoms with Gasteiger partial charge in [-0.15, -0.1) is 0 Å². The lowest BCUT2D eigenvalue weighted by molar-refractivity contribution is 0.872. The molecule has 0 radical (unpaired) electrons. The minimum Gasteiger partial charge on any atom is -0.383 e. The van der Waals surface area contributed by atoms with Gasteiger partial charge in [-0.05, 0) is 53.8 Å². The number of aromatic nitrogens is 2. The quantitative estimate of drug-likeness (QED) is 0.818. The van der Waals surface area contributed by atoms with E-state index in [-0.39, 0.29) is 0 Å². The van der Waals surface area contributed by atoms with Crippen LogP contribution in [0.2, 0.25) is 0 Å². The van der Waals surface area contributed by atoms with E-state index in [0.29, 0.717) is 11.4 Å². The largest absolute Gasteiger partial charge is 0.383 e. The molecule has 0 atom stereocenters. The summed E-state index contributed by atoms with van der Waals surface area (Å²) < 4.78 is 2.64. The maximum absolute atomic E-state index is 8.70. The Labute approximate surface area is 107 Å². The van der Waals surface area contributed by atoms with Crippen molar-refractivity contribution in [2.45, 2.75) is 6.92 Å². The van der Waals surface area contributed by atoms with Crippen molar-refractivity contribution in [3.8, 4) is 11.8 Å². The maximum Gasteiger partial charge on any atom is 0.140 e. The first-order chi connectivity index (χ1) is 7.63. The summed E-state index contributed by atoms with van der Waals surface area (Å²) in [7, 11) is 0. The highest BCUT2D eigenvalue weighted by molar-refractivity contribution is 14.1. The van der Waals surface area contributed by atoms with Crippen molar-refractivity contribution in [1.82, 2.24) is 9.78 Å². The van der Waals surface area contributed by atoms with Gasteiger partial charge >= 0.3 is 0 Å². The van der Waals surface area contributed by atoms with E-state index in [4.69, 9.17) is 11.0 Å². The van der Waals surface area contributed by atoms with Gasteiger partial charge in [0.25, 0.3) is 0 Å². The standard InChI is InChI=1S/C11H9IN4/c1-7-10(12)11(14)16(15-7)9-4-2-8(6-13)3-5-9/h2-5H,14H2,1H3. The molecular weight excluding hydrogens is 315 g/mol. The maximum atomic E-state index is 8.70. The molecule has 2 N–H and O–H groups in total. The van der Waals surface area contributed by atoms with E-state index in [1.807, 2.05) is 19.1 Å². The van der Waals surface area contributed by atoms with Gasteiger partial charge in [0, 0.05) is 0 Å². The molecule has 4 nitrogen and oxygen atoms in total. The van der Waals surface area contributed by atoms with E-state index < -0.39 is 0 Å². The molecule has 0 spiro atoms. The summed E-state index contributed by atoms with van der Waals surface area (Å²) in [4.78, 5) is 0. The molecule has 0 unspecified atom stereocenters. The van der Waals surface area contributed by atoms with Crippen molar-refractivity contribution in [3.05, 3.63) is 39.1 Å². The van der Waals surface area contributed by atoms with Crippen molar-refractivity contribution in [2.75, 3.05) is 5.73 Å². The van der Waals surface area contributed by atoms with Crippen LogP contribution < -0.4 is 5.73 Å². The molecule has 0 aliphatic heterocycles. The predicted octanol–water partition coefficient (Wildman–Crippen LogP) is 2.24. The molecule has 5 heteroatoms. The van der Waals surface area contributed by atoms with E-state index in [9.17, 15) is 0 Å². The molecule has 0 aliphatic carbocycles. The van der Waals surface area contributed by atoms with Gasteiger partial charge in [-0.3, -0.25) is 0 Å². The number of anilines is 1. The summed E-state index contributed by atoms with van der Waals surface area (Å²) in [6.07, 6.45) is 0. The average Bonchev–Trinajstić information content (AvgIpc) is 2.57. The van der Waals surface area contributed by atoms with Crippen molar-refractivity contribution in [2.24, 2.45) is 0 Å². The highest BCUT2D eigenvalue weighted by Gasteiger charge is 2.10. The Bertz CT molecular complexity index is 563. The van der Waals surface area contributed by atoms with Gasteiger partial charge in [0.2, 0.25) is 0 Å². The Balaban J connectivity index is 2.51. The zero-order chi connectivity index (χ0) is 11.7. The summed E-state index contributed by atoms with van der Waals surface area (Å²) in [6.45, 7) is 1.91. The van der Waals surface area contributed by atoms with Crippen molar-refractivity contribution in [3.63, 3.8) is 0 Å². The van der Waals surface area contributed by atoms with Crippen LogP contribution in [-0.4, -0.2) is 9.78 Å². The van der Waals surface area contributed by atoms with Crippen LogP contribution in [0.15, 0.2) is 24.3 Å². The number of rotatable bonds is 1. The molecule has 0 bridgehead atoms. The topological polar surface area (TPSA) is 67.6 Å². The number of hydrogen-bond acceptors (Lipinski definition) is 3. The van der Waals surface area contributed by atoms with Crippen molar-refractivity contribution in [1.29, 1.82) is 5.26 Å². The molecule has 0 saturated heterocycles. The van der Waals surface area contributed by atoms with Crippen LogP contribution >= 0.6 is 22.6 Å². The summed E-state index contributed by atoms with van der Waals surface area (Å²) in [5.41, 5.74) is 8.33. The number of benzene rings is 1. The predicted molar refractivity (Wildman–Crippen MR) is 70.1 cm³/mol. The molecule has 16 heavy (non-hydrogen) atoms. The number of halogens is 1. The summed E-state index contributed by atoms with van der Waals surface area (Å²) >= 11 is 2.17. The smallest absolute Gasteiger partial charge is 0.140 e. The first-order valence-electron chi connectivity index (χ1n) is 4.64. The van der Waals surface area contributed by atoms with Gasteiger partial charge in [-0.2, -0.15) is 10.4 Å². The first kappa shape index (κ1) is 11.0. The molecule has 1 aromatic carbocycles. The van der Waals surface area contributed by atoms with Crippen LogP contribution in [0, 0.1) is 21.8 Å². The SMILES string of the molecule is Cc1nn(-c2ccc(C#N)cc2)c(N)c1I. The van der Waals surface area contributed by atoms with E-state index in [2.05, 4.69) is 33.8 Å². The first-order valence-corrected chi connectivity index (χ1v) is 5.72. The molecule has 0 amide bonds. The minimum absolute atomic E-state index is 0.626. The molecule has 1 aromatic heterocycles. The van der Waals surface area contributed by atoms with E-state index in [1.165, 1.54) is 0 Å². The Kier molecular flexibility index (Phi) is 2.83. The van der Waals surface area contributed by atoms with Crippen molar-refractivity contribution >= 4 is 28.4 Å². The van der Waals surface area contributed by atoms with Crippen LogP contribution in [0.5, 0.6) is 0 Å². The Morgan fingerprint density at radius 3 is 2.44 bits per heavy atom. The lowest BCUT2D eigenvalue weighted by Gasteiger charge is -2.03. The van der Waals surface area contributed by atoms with Crippen LogP contribution in [0.3, 0.4) is 0 Å². The van der Waals surface area contributed by atoms with Gasteiger partial charge < -0.3 is 5.73 Å². The van der Waals surface area contributed by atoms with Gasteiger partial charge in [-0.1, -0.05) is 0 Å². The second-order valence-electron chi connectivity index (χ2n) is 3.36. The number of aryl methyl sites for hydroxylation is 1. The Hall–Kier alpha value is -1.55. The molecular formula is C11H9IN4. The third-order valence-electron chi connectivity index (χ3n) is 2.26. The molecule has 2 rings (SSSR count). The van der Waals surface area contributed by atoms with Gasteiger partial charge in [0.05, 0.1) is 26.6 Å². The number of hydrogen-bond donors (Lipinski definition) is 1. The molecule has 0 saturated carbocycles. The van der Waals surface area contributed by atoms with E-state index in [1.54, 1.807) is 16.8 Å². The van der Waals surface area contributed by atoms with Crippen LogP contribution in [0.25, 0.3) is 5.69 Å². The fourth-order valence-corrected chi connectivity index (χ4v) is 1.74. The highest BCUT2D eigenvalue weighted by Crippen LogP contribution is 2.22. The van der Waals surface area contributed by atoms with Crippen LogP contribution in [-0.2, 0) is 0 Å². The Morgan fingerprint density at radius 1 is 1.38 bits per heavy atom. The summed E-state index contributed by atoms with van der Waals surface area (Å²) in [6, 6.07) is 9.23. The fourth-order valence-electron chi connectivity index (χ4n) is 1.40. The number of nitriles is 1. The normalized spacial score (nSPS) is 10.1. The zero-order valence-corrected chi connectivity index (χ0v) is 10.8. The molecule has 80 valence electrons. The Morgan fingerprint density at radius 2 is 2.00 bits per heavy atom. The summed E-state index contributed by atoms with van der Waals surface area (Å²) in [5.74, 6) is 0.628. The number of nitrogens with two attached hydrogens (primary N) is 1. The lowest BCUT2D eigenvalue weighted by atomic mass is 10.2. The molecule has 2 aromatic rings. The highest BCUT2D eigenvalue weighted by atomic mass is 127. The number of nitrogens with zero attached hydrogens (tertiary/aromatic N) is 3. The second kappa shape index (κ2) is 4.14. The monoisotopic (exact) mass is 324 g/mol. The van der Waals surface area contributed by atoms with E-state index in [0.717, 1.165) is 15.0 Å². The second-order valence-corrected chi connectivity index (χ2v) is 4.43.